The standard InChI is InChI=1S/C15H18FN3O4S/c16-7-10(8-18-15(21)22)9-23-11-2-3-12-13(6-11)24-14(19-12)17-4-1-5-20/h2-3,6-7,18,20H,1,4-5,8-9H2,(H,17,19)(H,21,22). The number of nitrogens with one attached hydrogen (secondary N) is 2. The van der Waals surface area contributed by atoms with Crippen LogP contribution in [0.25, 0.3) is 10.2 Å². The fourth-order valence-electron chi connectivity index (χ4n) is 1.83. The number of carboxylic acid groups (broad SMARTS) is 1. The quantitative estimate of drug-likeness (QED) is 0.516. The number of amides is 1. The zero-order chi connectivity index (χ0) is 17.4. The molecule has 7 nitrogen and oxygen atoms in total. The van der Waals surface area contributed by atoms with Crippen LogP contribution in [0, 0.1) is 0 Å². The van der Waals surface area contributed by atoms with Gasteiger partial charge in [-0.15, -0.1) is 0 Å². The van der Waals surface area contributed by atoms with E-state index >= 15 is 0 Å². The molecule has 0 spiro atoms. The molecule has 0 fully saturated rings. The maximum atomic E-state index is 12.7. The second-order valence-electron chi connectivity index (χ2n) is 4.87. The molecule has 130 valence electrons. The Morgan fingerprint density at radius 3 is 3.00 bits per heavy atom. The summed E-state index contributed by atoms with van der Waals surface area (Å²) in [7, 11) is 0. The minimum Gasteiger partial charge on any atom is -0.489 e. The molecule has 1 heterocycles. The van der Waals surface area contributed by atoms with Crippen LogP contribution >= 0.6 is 11.3 Å². The largest absolute Gasteiger partial charge is 0.489 e. The number of carbonyl (C=O) groups is 1. The number of hydrogen-bond acceptors (Lipinski definition) is 6. The molecular formula is C15H18FN3O4S. The first kappa shape index (κ1) is 18.0. The normalized spacial score (nSPS) is 11.5. The molecule has 1 aromatic carbocycles. The minimum absolute atomic E-state index is 0.0529. The van der Waals surface area contributed by atoms with Gasteiger partial charge in [0.25, 0.3) is 0 Å². The number of halogens is 1. The minimum atomic E-state index is -1.22. The van der Waals surface area contributed by atoms with E-state index in [9.17, 15) is 9.18 Å². The topological polar surface area (TPSA) is 104 Å². The summed E-state index contributed by atoms with van der Waals surface area (Å²) in [4.78, 5) is 14.8. The molecule has 0 aliphatic heterocycles. The van der Waals surface area contributed by atoms with Crippen LogP contribution in [0.2, 0.25) is 0 Å². The number of ether oxygens (including phenoxy) is 1. The van der Waals surface area contributed by atoms with Crippen LogP contribution < -0.4 is 15.4 Å². The van der Waals surface area contributed by atoms with Crippen molar-refractivity contribution in [3.63, 3.8) is 0 Å². The lowest BCUT2D eigenvalue weighted by Crippen LogP contribution is -2.25. The molecule has 0 atom stereocenters. The number of anilines is 1. The monoisotopic (exact) mass is 355 g/mol. The number of benzene rings is 1. The molecule has 2 aromatic rings. The number of rotatable bonds is 9. The Balaban J connectivity index is 1.95. The van der Waals surface area contributed by atoms with Gasteiger partial charge in [0, 0.05) is 25.3 Å². The van der Waals surface area contributed by atoms with E-state index < -0.39 is 6.09 Å². The van der Waals surface area contributed by atoms with Gasteiger partial charge in [-0.05, 0) is 24.6 Å². The van der Waals surface area contributed by atoms with Gasteiger partial charge in [-0.25, -0.2) is 14.2 Å². The summed E-state index contributed by atoms with van der Waals surface area (Å²) in [5.74, 6) is 0.544. The molecule has 0 radical (unpaired) electrons. The zero-order valence-electron chi connectivity index (χ0n) is 12.8. The van der Waals surface area contributed by atoms with Gasteiger partial charge < -0.3 is 25.6 Å². The molecule has 0 saturated heterocycles. The molecule has 9 heteroatoms. The number of thiazole rings is 1. The van der Waals surface area contributed by atoms with Crippen LogP contribution in [0.5, 0.6) is 5.75 Å². The van der Waals surface area contributed by atoms with Crippen molar-refractivity contribution in [1.29, 1.82) is 0 Å². The molecule has 4 N–H and O–H groups in total. The van der Waals surface area contributed by atoms with Gasteiger partial charge in [0.2, 0.25) is 0 Å². The summed E-state index contributed by atoms with van der Waals surface area (Å²) in [6.45, 7) is 0.578. The molecule has 0 saturated carbocycles. The highest BCUT2D eigenvalue weighted by Crippen LogP contribution is 2.29. The Labute approximate surface area is 141 Å². The van der Waals surface area contributed by atoms with Crippen molar-refractivity contribution in [2.24, 2.45) is 0 Å². The van der Waals surface area contributed by atoms with E-state index in [0.29, 0.717) is 25.0 Å². The van der Waals surface area contributed by atoms with Crippen molar-refractivity contribution < 1.29 is 24.1 Å². The molecule has 1 amide bonds. The second-order valence-corrected chi connectivity index (χ2v) is 5.90. The smallest absolute Gasteiger partial charge is 0.404 e. The lowest BCUT2D eigenvalue weighted by molar-refractivity contribution is 0.195. The predicted octanol–water partition coefficient (Wildman–Crippen LogP) is 2.59. The van der Waals surface area contributed by atoms with Crippen molar-refractivity contribution >= 4 is 32.8 Å². The summed E-state index contributed by atoms with van der Waals surface area (Å²) in [6, 6.07) is 5.32. The van der Waals surface area contributed by atoms with Gasteiger partial charge >= 0.3 is 6.09 Å². The Hall–Kier alpha value is -2.39. The van der Waals surface area contributed by atoms with E-state index in [4.69, 9.17) is 14.9 Å². The Morgan fingerprint density at radius 2 is 2.29 bits per heavy atom. The Morgan fingerprint density at radius 1 is 1.46 bits per heavy atom. The van der Waals surface area contributed by atoms with Gasteiger partial charge in [0.05, 0.1) is 16.5 Å². The van der Waals surface area contributed by atoms with Crippen LogP contribution in [0.15, 0.2) is 30.1 Å². The first-order valence-electron chi connectivity index (χ1n) is 7.25. The average molecular weight is 355 g/mol. The van der Waals surface area contributed by atoms with E-state index in [1.165, 1.54) is 11.3 Å². The molecular weight excluding hydrogens is 337 g/mol. The summed E-state index contributed by atoms with van der Waals surface area (Å²) in [5.41, 5.74) is 1.00. The first-order chi connectivity index (χ1) is 11.6. The van der Waals surface area contributed by atoms with E-state index in [2.05, 4.69) is 15.6 Å². The van der Waals surface area contributed by atoms with Crippen molar-refractivity contribution in [3.8, 4) is 5.75 Å². The highest BCUT2D eigenvalue weighted by molar-refractivity contribution is 7.22. The lowest BCUT2D eigenvalue weighted by atomic mass is 10.3. The summed E-state index contributed by atoms with van der Waals surface area (Å²) < 4.78 is 19.1. The van der Waals surface area contributed by atoms with Gasteiger partial charge in [-0.3, -0.25) is 0 Å². The first-order valence-corrected chi connectivity index (χ1v) is 8.07. The Kier molecular flexibility index (Phi) is 6.76. The summed E-state index contributed by atoms with van der Waals surface area (Å²) in [6.07, 6.45) is -0.237. The number of aliphatic hydroxyl groups is 1. The third-order valence-electron chi connectivity index (χ3n) is 3.02. The van der Waals surface area contributed by atoms with Crippen molar-refractivity contribution in [2.45, 2.75) is 6.42 Å². The molecule has 0 aliphatic rings. The maximum absolute atomic E-state index is 12.7. The molecule has 0 bridgehead atoms. The molecule has 1 aromatic heterocycles. The van der Waals surface area contributed by atoms with E-state index in [-0.39, 0.29) is 25.3 Å². The van der Waals surface area contributed by atoms with Gasteiger partial charge in [0.15, 0.2) is 5.13 Å². The van der Waals surface area contributed by atoms with Gasteiger partial charge in [-0.1, -0.05) is 11.3 Å². The van der Waals surface area contributed by atoms with Gasteiger partial charge in [0.1, 0.15) is 12.4 Å². The van der Waals surface area contributed by atoms with Crippen LogP contribution in [-0.2, 0) is 0 Å². The zero-order valence-corrected chi connectivity index (χ0v) is 13.6. The average Bonchev–Trinajstić information content (AvgIpc) is 2.97. The molecule has 0 aliphatic carbocycles. The van der Waals surface area contributed by atoms with Crippen LogP contribution in [0.3, 0.4) is 0 Å². The highest BCUT2D eigenvalue weighted by Gasteiger charge is 2.07. The van der Waals surface area contributed by atoms with E-state index in [1.54, 1.807) is 18.2 Å². The molecule has 24 heavy (non-hydrogen) atoms. The number of nitrogens with zero attached hydrogens (tertiary/aromatic N) is 1. The fraction of sp³-hybridized carbons (Fsp3) is 0.333. The molecule has 0 unspecified atom stereocenters. The van der Waals surface area contributed by atoms with Crippen molar-refractivity contribution in [2.75, 3.05) is 31.6 Å². The number of aromatic nitrogens is 1. The molecule has 2 rings (SSSR count). The summed E-state index contributed by atoms with van der Waals surface area (Å²) in [5, 5.41) is 23.3. The fourth-order valence-corrected chi connectivity index (χ4v) is 2.75. The van der Waals surface area contributed by atoms with Crippen LogP contribution in [-0.4, -0.2) is 47.6 Å². The third kappa shape index (κ3) is 5.36. The third-order valence-corrected chi connectivity index (χ3v) is 3.99. The number of fused-ring (bicyclic) bond motifs is 1. The van der Waals surface area contributed by atoms with Crippen LogP contribution in [0.4, 0.5) is 14.3 Å². The number of aliphatic hydroxyl groups excluding tert-OH is 1. The van der Waals surface area contributed by atoms with Crippen molar-refractivity contribution in [1.82, 2.24) is 10.3 Å². The Bertz CT molecular complexity index is 720. The predicted molar refractivity (Wildman–Crippen MR) is 90.5 cm³/mol. The maximum Gasteiger partial charge on any atom is 0.404 e. The number of hydrogen-bond donors (Lipinski definition) is 4. The highest BCUT2D eigenvalue weighted by atomic mass is 32.1. The van der Waals surface area contributed by atoms with E-state index in [1.807, 2.05) is 0 Å². The van der Waals surface area contributed by atoms with Crippen molar-refractivity contribution in [3.05, 3.63) is 30.1 Å². The second kappa shape index (κ2) is 9.04. The summed E-state index contributed by atoms with van der Waals surface area (Å²) >= 11 is 1.45. The van der Waals surface area contributed by atoms with E-state index in [0.717, 1.165) is 15.3 Å². The lowest BCUT2D eigenvalue weighted by Gasteiger charge is -2.08. The van der Waals surface area contributed by atoms with Gasteiger partial charge in [-0.2, -0.15) is 0 Å². The SMILES string of the molecule is O=C(O)NCC(=CF)COc1ccc2nc(NCCCO)sc2c1. The van der Waals surface area contributed by atoms with Crippen LogP contribution in [0.1, 0.15) is 6.42 Å².